The molecule has 14 heavy (non-hydrogen) atoms. The Hall–Kier alpha value is -0.136. The second-order valence-corrected chi connectivity index (χ2v) is 15.1. The first-order valence-electron chi connectivity index (χ1n) is 5.14. The van der Waals surface area contributed by atoms with Crippen LogP contribution in [0.3, 0.4) is 0 Å². The lowest BCUT2D eigenvalue weighted by molar-refractivity contribution is -0.140. The standard InChI is InChI=1S/C9H21NO2Si2/c1-12-9(11)8-10-13(2,3)6-7-14(10,4)5/h6-8H2,1-5H3. The molecule has 0 aromatic rings. The molecule has 82 valence electrons. The number of nitrogens with zero attached hydrogens (tertiary/aromatic N) is 1. The molecule has 0 N–H and O–H groups in total. The quantitative estimate of drug-likeness (QED) is 0.537. The molecule has 3 nitrogen and oxygen atoms in total. The maximum absolute atomic E-state index is 11.3. The van der Waals surface area contributed by atoms with E-state index in [-0.39, 0.29) is 5.97 Å². The molecule has 1 aliphatic heterocycles. The third-order valence-electron chi connectivity index (χ3n) is 3.32. The van der Waals surface area contributed by atoms with Gasteiger partial charge in [-0.3, -0.25) is 4.79 Å². The van der Waals surface area contributed by atoms with E-state index in [2.05, 4.69) is 30.4 Å². The average Bonchev–Trinajstić information content (AvgIpc) is 2.28. The normalized spacial score (nSPS) is 24.9. The van der Waals surface area contributed by atoms with Crippen molar-refractivity contribution >= 4 is 22.4 Å². The van der Waals surface area contributed by atoms with Gasteiger partial charge in [0.15, 0.2) is 0 Å². The van der Waals surface area contributed by atoms with Crippen LogP contribution >= 0.6 is 0 Å². The molecule has 0 aliphatic carbocycles. The Labute approximate surface area is 88.6 Å². The van der Waals surface area contributed by atoms with Crippen LogP contribution in [0, 0.1) is 0 Å². The number of carbonyl (C=O) groups excluding carboxylic acids is 1. The Morgan fingerprint density at radius 3 is 2.00 bits per heavy atom. The van der Waals surface area contributed by atoms with E-state index in [1.807, 2.05) is 0 Å². The summed E-state index contributed by atoms with van der Waals surface area (Å²) in [6, 6.07) is 2.67. The summed E-state index contributed by atoms with van der Waals surface area (Å²) in [5, 5.41) is 0. The lowest BCUT2D eigenvalue weighted by Crippen LogP contribution is -2.56. The topological polar surface area (TPSA) is 29.5 Å². The van der Waals surface area contributed by atoms with Gasteiger partial charge in [-0.1, -0.05) is 26.2 Å². The van der Waals surface area contributed by atoms with Crippen LogP contribution in [0.2, 0.25) is 38.3 Å². The number of hydrogen-bond acceptors (Lipinski definition) is 3. The fourth-order valence-electron chi connectivity index (χ4n) is 2.32. The van der Waals surface area contributed by atoms with E-state index < -0.39 is 16.5 Å². The fraction of sp³-hybridized carbons (Fsp3) is 0.889. The summed E-state index contributed by atoms with van der Waals surface area (Å²) < 4.78 is 7.28. The number of methoxy groups -OCH3 is 1. The third-order valence-corrected chi connectivity index (χ3v) is 13.6. The number of hydrogen-bond donors (Lipinski definition) is 0. The van der Waals surface area contributed by atoms with Crippen molar-refractivity contribution in [2.24, 2.45) is 0 Å². The van der Waals surface area contributed by atoms with E-state index in [9.17, 15) is 4.79 Å². The highest BCUT2D eigenvalue weighted by Gasteiger charge is 2.47. The predicted octanol–water partition coefficient (Wildman–Crippen LogP) is 1.89. The molecule has 0 saturated carbocycles. The van der Waals surface area contributed by atoms with Crippen LogP contribution in [0.1, 0.15) is 0 Å². The molecule has 1 heterocycles. The molecule has 0 atom stereocenters. The fourth-order valence-corrected chi connectivity index (χ4v) is 16.1. The molecule has 0 unspecified atom stereocenters. The molecule has 1 aliphatic rings. The van der Waals surface area contributed by atoms with E-state index >= 15 is 0 Å². The van der Waals surface area contributed by atoms with Crippen molar-refractivity contribution in [1.82, 2.24) is 4.23 Å². The van der Waals surface area contributed by atoms with Crippen molar-refractivity contribution < 1.29 is 9.53 Å². The molecule has 0 bridgehead atoms. The van der Waals surface area contributed by atoms with Crippen molar-refractivity contribution in [1.29, 1.82) is 0 Å². The summed E-state index contributed by atoms with van der Waals surface area (Å²) >= 11 is 0. The monoisotopic (exact) mass is 231 g/mol. The van der Waals surface area contributed by atoms with Crippen molar-refractivity contribution in [3.63, 3.8) is 0 Å². The van der Waals surface area contributed by atoms with E-state index in [0.29, 0.717) is 6.54 Å². The first kappa shape index (κ1) is 11.9. The Morgan fingerprint density at radius 1 is 1.21 bits per heavy atom. The van der Waals surface area contributed by atoms with Gasteiger partial charge in [0.05, 0.1) is 13.7 Å². The highest BCUT2D eigenvalue weighted by Crippen LogP contribution is 2.36. The first-order chi connectivity index (χ1) is 6.29. The number of ether oxygens (including phenoxy) is 1. The van der Waals surface area contributed by atoms with Gasteiger partial charge >= 0.3 is 5.97 Å². The van der Waals surface area contributed by atoms with Crippen LogP contribution in [0.25, 0.3) is 0 Å². The zero-order valence-electron chi connectivity index (χ0n) is 9.89. The smallest absolute Gasteiger partial charge is 0.318 e. The predicted molar refractivity (Wildman–Crippen MR) is 63.3 cm³/mol. The zero-order valence-corrected chi connectivity index (χ0v) is 11.9. The van der Waals surface area contributed by atoms with Gasteiger partial charge in [-0.25, -0.2) is 0 Å². The molecule has 0 amide bonds. The molecule has 0 aromatic carbocycles. The van der Waals surface area contributed by atoms with Gasteiger partial charge in [0.25, 0.3) is 0 Å². The number of esters is 1. The van der Waals surface area contributed by atoms with Gasteiger partial charge in [0.2, 0.25) is 0 Å². The maximum atomic E-state index is 11.3. The van der Waals surface area contributed by atoms with E-state index in [0.717, 1.165) is 0 Å². The Morgan fingerprint density at radius 2 is 1.64 bits per heavy atom. The molecular weight excluding hydrogens is 210 g/mol. The van der Waals surface area contributed by atoms with E-state index in [1.54, 1.807) is 0 Å². The van der Waals surface area contributed by atoms with Gasteiger partial charge in [0.1, 0.15) is 16.5 Å². The minimum absolute atomic E-state index is 0.0759. The van der Waals surface area contributed by atoms with Crippen molar-refractivity contribution in [3.8, 4) is 0 Å². The Bertz CT molecular complexity index is 225. The van der Waals surface area contributed by atoms with Crippen LogP contribution in [-0.2, 0) is 9.53 Å². The third kappa shape index (κ3) is 2.26. The molecule has 0 spiro atoms. The lowest BCUT2D eigenvalue weighted by atomic mass is 10.7. The van der Waals surface area contributed by atoms with Crippen molar-refractivity contribution in [2.45, 2.75) is 38.3 Å². The zero-order chi connectivity index (χ0) is 11.0. The Kier molecular flexibility index (Phi) is 3.23. The summed E-state index contributed by atoms with van der Waals surface area (Å²) in [5.74, 6) is -0.0759. The second-order valence-electron chi connectivity index (χ2n) is 5.29. The number of carbonyl (C=O) groups is 1. The van der Waals surface area contributed by atoms with Crippen LogP contribution in [0.4, 0.5) is 0 Å². The molecule has 0 radical (unpaired) electrons. The second kappa shape index (κ2) is 3.79. The molecule has 0 aromatic heterocycles. The molecule has 5 heteroatoms. The van der Waals surface area contributed by atoms with Gasteiger partial charge in [0, 0.05) is 0 Å². The largest absolute Gasteiger partial charge is 0.468 e. The Balaban J connectivity index is 2.76. The van der Waals surface area contributed by atoms with Gasteiger partial charge < -0.3 is 8.97 Å². The molecule has 1 rings (SSSR count). The first-order valence-corrected chi connectivity index (χ1v) is 11.4. The summed E-state index contributed by atoms with van der Waals surface area (Å²) in [6.45, 7) is 9.96. The molecule has 1 saturated heterocycles. The van der Waals surface area contributed by atoms with Gasteiger partial charge in [-0.15, -0.1) is 0 Å². The SMILES string of the molecule is COC(=O)CN1[Si](C)(C)CC[Si]1(C)C. The summed E-state index contributed by atoms with van der Waals surface area (Å²) in [4.78, 5) is 11.3. The van der Waals surface area contributed by atoms with Gasteiger partial charge in [-0.05, 0) is 12.1 Å². The van der Waals surface area contributed by atoms with Crippen molar-refractivity contribution in [3.05, 3.63) is 0 Å². The highest BCUT2D eigenvalue weighted by molar-refractivity contribution is 6.95. The minimum atomic E-state index is -1.29. The minimum Gasteiger partial charge on any atom is -0.468 e. The van der Waals surface area contributed by atoms with E-state index in [4.69, 9.17) is 4.74 Å². The number of rotatable bonds is 2. The van der Waals surface area contributed by atoms with Crippen LogP contribution in [-0.4, -0.2) is 40.3 Å². The lowest BCUT2D eigenvalue weighted by Gasteiger charge is -2.37. The summed E-state index contributed by atoms with van der Waals surface area (Å²) in [7, 11) is -1.11. The maximum Gasteiger partial charge on any atom is 0.318 e. The summed E-state index contributed by atoms with van der Waals surface area (Å²) in [5.41, 5.74) is 0. The van der Waals surface area contributed by atoms with Crippen LogP contribution in [0.5, 0.6) is 0 Å². The molecule has 1 fully saturated rings. The van der Waals surface area contributed by atoms with Gasteiger partial charge in [-0.2, -0.15) is 0 Å². The molecular formula is C9H21NO2Si2. The van der Waals surface area contributed by atoms with Crippen LogP contribution < -0.4 is 0 Å². The van der Waals surface area contributed by atoms with Crippen molar-refractivity contribution in [2.75, 3.05) is 13.7 Å². The van der Waals surface area contributed by atoms with Crippen LogP contribution in [0.15, 0.2) is 0 Å². The average molecular weight is 231 g/mol. The van der Waals surface area contributed by atoms with E-state index in [1.165, 1.54) is 19.2 Å². The summed E-state index contributed by atoms with van der Waals surface area (Å²) in [6.07, 6.45) is 0. The highest BCUT2D eigenvalue weighted by atomic mass is 28.4.